The van der Waals surface area contributed by atoms with E-state index < -0.39 is 5.41 Å². The molecule has 1 aromatic carbocycles. The molecule has 0 N–H and O–H groups in total. The maximum Gasteiger partial charge on any atom is 0.312 e. The molecule has 3 rings (SSSR count). The van der Waals surface area contributed by atoms with E-state index in [4.69, 9.17) is 9.72 Å². The van der Waals surface area contributed by atoms with Gasteiger partial charge in [-0.15, -0.1) is 0 Å². The highest BCUT2D eigenvalue weighted by Gasteiger charge is 2.58. The van der Waals surface area contributed by atoms with Gasteiger partial charge in [0.25, 0.3) is 0 Å². The van der Waals surface area contributed by atoms with E-state index in [1.54, 1.807) is 0 Å². The van der Waals surface area contributed by atoms with Crippen LogP contribution in [0, 0.1) is 10.8 Å². The number of hydrogen-bond donors (Lipinski definition) is 0. The van der Waals surface area contributed by atoms with E-state index in [1.807, 2.05) is 25.1 Å². The van der Waals surface area contributed by atoms with Crippen molar-refractivity contribution >= 4 is 17.0 Å². The normalized spacial score (nSPS) is 27.2. The van der Waals surface area contributed by atoms with Crippen molar-refractivity contribution in [2.75, 3.05) is 7.11 Å². The van der Waals surface area contributed by atoms with Gasteiger partial charge in [-0.25, -0.2) is 4.98 Å². The number of imidazole rings is 1. The maximum atomic E-state index is 12.3. The molecule has 1 aromatic heterocycles. The van der Waals surface area contributed by atoms with Gasteiger partial charge in [0.05, 0.1) is 23.6 Å². The van der Waals surface area contributed by atoms with Crippen LogP contribution in [0.15, 0.2) is 24.3 Å². The Morgan fingerprint density at radius 2 is 2.00 bits per heavy atom. The van der Waals surface area contributed by atoms with Crippen LogP contribution in [0.1, 0.15) is 45.4 Å². The van der Waals surface area contributed by atoms with Gasteiger partial charge in [-0.2, -0.15) is 0 Å². The Hall–Kier alpha value is -1.84. The molecule has 0 unspecified atom stereocenters. The standard InChI is InChI=1S/C18H24N2O2/c1-17(2)12(10-11-18(17,3)16(21)22-5)15-19-13-8-6-7-9-14(13)20(15)4/h6-9,12H,10-11H2,1-5H3/t12-,18-/m1/s1. The number of para-hydroxylation sites is 2. The Kier molecular flexibility index (Phi) is 3.31. The van der Waals surface area contributed by atoms with Crippen LogP contribution in [0.4, 0.5) is 0 Å². The van der Waals surface area contributed by atoms with Crippen LogP contribution in [0.2, 0.25) is 0 Å². The van der Waals surface area contributed by atoms with Crippen molar-refractivity contribution < 1.29 is 9.53 Å². The lowest BCUT2D eigenvalue weighted by molar-refractivity contribution is -0.157. The van der Waals surface area contributed by atoms with E-state index in [9.17, 15) is 4.79 Å². The highest BCUT2D eigenvalue weighted by atomic mass is 16.5. The summed E-state index contributed by atoms with van der Waals surface area (Å²) >= 11 is 0. The number of methoxy groups -OCH3 is 1. The molecule has 0 aliphatic heterocycles. The quantitative estimate of drug-likeness (QED) is 0.795. The first-order valence-electron chi connectivity index (χ1n) is 7.82. The fourth-order valence-electron chi connectivity index (χ4n) is 4.02. The molecule has 1 saturated carbocycles. The fraction of sp³-hybridized carbons (Fsp3) is 0.556. The molecule has 1 fully saturated rings. The average Bonchev–Trinajstić information content (AvgIpc) is 2.95. The van der Waals surface area contributed by atoms with Crippen molar-refractivity contribution in [3.63, 3.8) is 0 Å². The van der Waals surface area contributed by atoms with E-state index in [2.05, 4.69) is 31.5 Å². The minimum Gasteiger partial charge on any atom is -0.469 e. The van der Waals surface area contributed by atoms with Crippen LogP contribution in [-0.2, 0) is 16.6 Å². The zero-order valence-corrected chi connectivity index (χ0v) is 14.0. The number of fused-ring (bicyclic) bond motifs is 1. The molecule has 2 aromatic rings. The molecular formula is C18H24N2O2. The van der Waals surface area contributed by atoms with E-state index in [-0.39, 0.29) is 17.3 Å². The number of aromatic nitrogens is 2. The molecule has 4 nitrogen and oxygen atoms in total. The van der Waals surface area contributed by atoms with Gasteiger partial charge < -0.3 is 9.30 Å². The fourth-order valence-corrected chi connectivity index (χ4v) is 4.02. The van der Waals surface area contributed by atoms with Crippen molar-refractivity contribution in [2.24, 2.45) is 17.9 Å². The number of ether oxygens (including phenoxy) is 1. The zero-order chi connectivity index (χ0) is 16.1. The first kappa shape index (κ1) is 15.1. The minimum absolute atomic E-state index is 0.112. The molecule has 22 heavy (non-hydrogen) atoms. The van der Waals surface area contributed by atoms with E-state index >= 15 is 0 Å². The predicted octanol–water partition coefficient (Wildman–Crippen LogP) is 3.66. The lowest BCUT2D eigenvalue weighted by Crippen LogP contribution is -2.41. The van der Waals surface area contributed by atoms with Gasteiger partial charge >= 0.3 is 5.97 Å². The van der Waals surface area contributed by atoms with Crippen molar-refractivity contribution in [3.8, 4) is 0 Å². The van der Waals surface area contributed by atoms with Crippen LogP contribution < -0.4 is 0 Å². The lowest BCUT2D eigenvalue weighted by Gasteiger charge is -2.39. The summed E-state index contributed by atoms with van der Waals surface area (Å²) in [4.78, 5) is 17.2. The Bertz CT molecular complexity index is 732. The zero-order valence-electron chi connectivity index (χ0n) is 14.0. The summed E-state index contributed by atoms with van der Waals surface area (Å²) in [6.45, 7) is 6.36. The lowest BCUT2D eigenvalue weighted by atomic mass is 9.65. The van der Waals surface area contributed by atoms with Gasteiger partial charge in [0.15, 0.2) is 0 Å². The van der Waals surface area contributed by atoms with Crippen LogP contribution >= 0.6 is 0 Å². The second-order valence-electron chi connectivity index (χ2n) is 7.15. The summed E-state index contributed by atoms with van der Waals surface area (Å²) in [6, 6.07) is 8.18. The molecule has 2 atom stereocenters. The number of esters is 1. The number of nitrogens with zero attached hydrogens (tertiary/aromatic N) is 2. The summed E-state index contributed by atoms with van der Waals surface area (Å²) in [5.74, 6) is 1.20. The number of carbonyl (C=O) groups is 1. The first-order chi connectivity index (χ1) is 10.3. The Morgan fingerprint density at radius 3 is 2.64 bits per heavy atom. The second-order valence-corrected chi connectivity index (χ2v) is 7.15. The molecule has 0 bridgehead atoms. The number of carbonyl (C=O) groups excluding carboxylic acids is 1. The molecular weight excluding hydrogens is 276 g/mol. The second kappa shape index (κ2) is 4.83. The first-order valence-corrected chi connectivity index (χ1v) is 7.82. The highest BCUT2D eigenvalue weighted by Crippen LogP contribution is 2.60. The van der Waals surface area contributed by atoms with Crippen molar-refractivity contribution in [2.45, 2.75) is 39.5 Å². The van der Waals surface area contributed by atoms with Gasteiger partial charge in [-0.1, -0.05) is 26.0 Å². The van der Waals surface area contributed by atoms with Gasteiger partial charge in [0, 0.05) is 13.0 Å². The van der Waals surface area contributed by atoms with Crippen molar-refractivity contribution in [3.05, 3.63) is 30.1 Å². The number of hydrogen-bond acceptors (Lipinski definition) is 3. The number of aryl methyl sites for hydroxylation is 1. The summed E-state index contributed by atoms with van der Waals surface area (Å²) < 4.78 is 7.25. The summed E-state index contributed by atoms with van der Waals surface area (Å²) in [5, 5.41) is 0. The molecule has 1 aliphatic carbocycles. The Morgan fingerprint density at radius 1 is 1.32 bits per heavy atom. The third-order valence-corrected chi connectivity index (χ3v) is 6.00. The topological polar surface area (TPSA) is 44.1 Å². The maximum absolute atomic E-state index is 12.3. The smallest absolute Gasteiger partial charge is 0.312 e. The van der Waals surface area contributed by atoms with E-state index in [0.717, 1.165) is 29.7 Å². The monoisotopic (exact) mass is 300 g/mol. The Balaban J connectivity index is 2.09. The van der Waals surface area contributed by atoms with E-state index in [0.29, 0.717) is 0 Å². The van der Waals surface area contributed by atoms with Crippen LogP contribution in [0.5, 0.6) is 0 Å². The largest absolute Gasteiger partial charge is 0.469 e. The molecule has 1 heterocycles. The molecule has 0 radical (unpaired) electrons. The number of rotatable bonds is 2. The molecule has 4 heteroatoms. The SMILES string of the molecule is COC(=O)[C@@]1(C)CC[C@H](c2nc3ccccc3n2C)C1(C)C. The summed E-state index contributed by atoms with van der Waals surface area (Å²) in [7, 11) is 3.54. The number of benzene rings is 1. The van der Waals surface area contributed by atoms with Crippen LogP contribution in [-0.4, -0.2) is 22.6 Å². The average molecular weight is 300 g/mol. The third kappa shape index (κ3) is 1.82. The molecule has 1 aliphatic rings. The molecule has 0 amide bonds. The van der Waals surface area contributed by atoms with Gasteiger partial charge in [0.2, 0.25) is 0 Å². The molecule has 0 saturated heterocycles. The van der Waals surface area contributed by atoms with Crippen molar-refractivity contribution in [1.29, 1.82) is 0 Å². The molecule has 118 valence electrons. The summed E-state index contributed by atoms with van der Waals surface area (Å²) in [6.07, 6.45) is 1.79. The van der Waals surface area contributed by atoms with Crippen LogP contribution in [0.3, 0.4) is 0 Å². The Labute approximate surface area is 131 Å². The molecule has 0 spiro atoms. The van der Waals surface area contributed by atoms with Gasteiger partial charge in [-0.3, -0.25) is 4.79 Å². The highest BCUT2D eigenvalue weighted by molar-refractivity contribution is 5.79. The minimum atomic E-state index is -0.468. The van der Waals surface area contributed by atoms with Gasteiger partial charge in [-0.05, 0) is 37.3 Å². The summed E-state index contributed by atoms with van der Waals surface area (Å²) in [5.41, 5.74) is 1.49. The third-order valence-electron chi connectivity index (χ3n) is 6.00. The van der Waals surface area contributed by atoms with Crippen LogP contribution in [0.25, 0.3) is 11.0 Å². The van der Waals surface area contributed by atoms with Gasteiger partial charge in [0.1, 0.15) is 5.82 Å². The van der Waals surface area contributed by atoms with Crippen molar-refractivity contribution in [1.82, 2.24) is 9.55 Å². The predicted molar refractivity (Wildman–Crippen MR) is 86.6 cm³/mol. The van der Waals surface area contributed by atoms with E-state index in [1.165, 1.54) is 7.11 Å².